The van der Waals surface area contributed by atoms with Crippen molar-refractivity contribution in [2.45, 2.75) is 64.1 Å². The Kier molecular flexibility index (Phi) is 3.97. The van der Waals surface area contributed by atoms with Gasteiger partial charge in [-0.05, 0) is 44.6 Å². The van der Waals surface area contributed by atoms with Crippen molar-refractivity contribution >= 4 is 11.3 Å². The summed E-state index contributed by atoms with van der Waals surface area (Å²) in [6.45, 7) is 5.28. The van der Waals surface area contributed by atoms with Gasteiger partial charge in [0.2, 0.25) is 0 Å². The van der Waals surface area contributed by atoms with E-state index in [9.17, 15) is 0 Å². The van der Waals surface area contributed by atoms with E-state index >= 15 is 0 Å². The third-order valence-electron chi connectivity index (χ3n) is 5.11. The van der Waals surface area contributed by atoms with E-state index in [0.717, 1.165) is 6.61 Å². The van der Waals surface area contributed by atoms with Gasteiger partial charge in [0.25, 0.3) is 0 Å². The van der Waals surface area contributed by atoms with Crippen LogP contribution in [0.25, 0.3) is 0 Å². The van der Waals surface area contributed by atoms with E-state index in [-0.39, 0.29) is 0 Å². The molecule has 0 radical (unpaired) electrons. The predicted molar refractivity (Wildman–Crippen MR) is 80.6 cm³/mol. The molecule has 2 fully saturated rings. The molecule has 19 heavy (non-hydrogen) atoms. The molecule has 2 saturated carbocycles. The van der Waals surface area contributed by atoms with E-state index in [1.165, 1.54) is 37.0 Å². The van der Waals surface area contributed by atoms with Crippen LogP contribution in [0, 0.1) is 5.41 Å². The van der Waals surface area contributed by atoms with Crippen LogP contribution in [0.1, 0.15) is 56.9 Å². The van der Waals surface area contributed by atoms with E-state index in [1.807, 2.05) is 11.3 Å². The van der Waals surface area contributed by atoms with E-state index in [2.05, 4.69) is 36.7 Å². The van der Waals surface area contributed by atoms with Gasteiger partial charge in [-0.25, -0.2) is 0 Å². The molecule has 3 rings (SSSR count). The lowest BCUT2D eigenvalue weighted by Gasteiger charge is -2.55. The highest BCUT2D eigenvalue weighted by molar-refractivity contribution is 7.10. The zero-order valence-electron chi connectivity index (χ0n) is 12.0. The van der Waals surface area contributed by atoms with Crippen molar-refractivity contribution in [2.75, 3.05) is 6.61 Å². The molecule has 0 aliphatic heterocycles. The first-order valence-corrected chi connectivity index (χ1v) is 8.55. The van der Waals surface area contributed by atoms with Gasteiger partial charge in [0.1, 0.15) is 0 Å². The predicted octanol–water partition coefficient (Wildman–Crippen LogP) is 4.14. The first-order valence-electron chi connectivity index (χ1n) is 7.67. The lowest BCUT2D eigenvalue weighted by molar-refractivity contribution is -0.132. The average Bonchev–Trinajstić information content (AvgIpc) is 3.09. The van der Waals surface area contributed by atoms with Gasteiger partial charge in [0, 0.05) is 29.0 Å². The molecule has 1 aromatic heterocycles. The van der Waals surface area contributed by atoms with Crippen LogP contribution < -0.4 is 5.32 Å². The first kappa shape index (κ1) is 13.6. The molecule has 106 valence electrons. The molecule has 2 aliphatic carbocycles. The van der Waals surface area contributed by atoms with Crippen molar-refractivity contribution in [3.8, 4) is 0 Å². The van der Waals surface area contributed by atoms with Crippen molar-refractivity contribution in [1.29, 1.82) is 0 Å². The lowest BCUT2D eigenvalue weighted by atomic mass is 9.60. The minimum Gasteiger partial charge on any atom is -0.378 e. The number of thiophene rings is 1. The Morgan fingerprint density at radius 3 is 2.89 bits per heavy atom. The second-order valence-electron chi connectivity index (χ2n) is 6.08. The van der Waals surface area contributed by atoms with Crippen LogP contribution in [0.4, 0.5) is 0 Å². The SMILES string of the molecule is CCOC1CC(NC(C)c2cccs2)C12CCCC2. The number of hydrogen-bond acceptors (Lipinski definition) is 3. The van der Waals surface area contributed by atoms with Crippen LogP contribution in [0.5, 0.6) is 0 Å². The molecule has 1 aromatic rings. The topological polar surface area (TPSA) is 21.3 Å². The van der Waals surface area contributed by atoms with Gasteiger partial charge in [-0.1, -0.05) is 18.9 Å². The summed E-state index contributed by atoms with van der Waals surface area (Å²) in [6, 6.07) is 5.52. The Hall–Kier alpha value is -0.380. The minimum absolute atomic E-state index is 0.446. The zero-order chi connectivity index (χ0) is 13.3. The fraction of sp³-hybridized carbons (Fsp3) is 0.750. The number of hydrogen-bond donors (Lipinski definition) is 1. The fourth-order valence-corrected chi connectivity index (χ4v) is 4.79. The molecule has 1 heterocycles. The second kappa shape index (κ2) is 5.55. The first-order chi connectivity index (χ1) is 9.26. The van der Waals surface area contributed by atoms with Crippen LogP contribution >= 0.6 is 11.3 Å². The Morgan fingerprint density at radius 1 is 1.47 bits per heavy atom. The molecule has 0 amide bonds. The molecule has 0 saturated heterocycles. The molecule has 3 heteroatoms. The van der Waals surface area contributed by atoms with Crippen LogP contribution in [-0.4, -0.2) is 18.8 Å². The number of nitrogens with one attached hydrogen (secondary N) is 1. The molecule has 3 atom stereocenters. The number of rotatable bonds is 5. The van der Waals surface area contributed by atoms with Gasteiger partial charge in [-0.2, -0.15) is 0 Å². The average molecular weight is 279 g/mol. The molecule has 2 nitrogen and oxygen atoms in total. The van der Waals surface area contributed by atoms with E-state index < -0.39 is 0 Å². The molecule has 0 aromatic carbocycles. The van der Waals surface area contributed by atoms with E-state index in [0.29, 0.717) is 23.6 Å². The normalized spacial score (nSPS) is 30.4. The fourth-order valence-electron chi connectivity index (χ4n) is 4.04. The molecular formula is C16H25NOS. The van der Waals surface area contributed by atoms with Gasteiger partial charge in [-0.3, -0.25) is 0 Å². The third kappa shape index (κ3) is 2.37. The van der Waals surface area contributed by atoms with Gasteiger partial charge >= 0.3 is 0 Å². The summed E-state index contributed by atoms with van der Waals surface area (Å²) in [6.07, 6.45) is 7.18. The Morgan fingerprint density at radius 2 is 2.26 bits per heavy atom. The monoisotopic (exact) mass is 279 g/mol. The lowest BCUT2D eigenvalue weighted by Crippen LogP contribution is -2.62. The third-order valence-corrected chi connectivity index (χ3v) is 6.16. The maximum atomic E-state index is 5.98. The summed E-state index contributed by atoms with van der Waals surface area (Å²) in [5.74, 6) is 0. The van der Waals surface area contributed by atoms with Crippen LogP contribution in [0.15, 0.2) is 17.5 Å². The Bertz CT molecular complexity index is 397. The highest BCUT2D eigenvalue weighted by atomic mass is 32.1. The zero-order valence-corrected chi connectivity index (χ0v) is 12.8. The standard InChI is InChI=1S/C16H25NOS/c1-3-18-15-11-14(16(15)8-4-5-9-16)17-12(2)13-7-6-10-19-13/h6-7,10,12,14-15,17H,3-5,8-9,11H2,1-2H3. The van der Waals surface area contributed by atoms with Crippen LogP contribution in [0.3, 0.4) is 0 Å². The van der Waals surface area contributed by atoms with Crippen molar-refractivity contribution in [1.82, 2.24) is 5.32 Å². The van der Waals surface area contributed by atoms with E-state index in [1.54, 1.807) is 0 Å². The Labute approximate surface area is 120 Å². The minimum atomic E-state index is 0.446. The largest absolute Gasteiger partial charge is 0.378 e. The van der Waals surface area contributed by atoms with Crippen molar-refractivity contribution < 1.29 is 4.74 Å². The summed E-state index contributed by atoms with van der Waals surface area (Å²) in [5.41, 5.74) is 0.446. The summed E-state index contributed by atoms with van der Waals surface area (Å²) in [4.78, 5) is 1.45. The maximum absolute atomic E-state index is 5.98. The highest BCUT2D eigenvalue weighted by Gasteiger charge is 2.56. The molecule has 1 spiro atoms. The molecular weight excluding hydrogens is 254 g/mol. The Balaban J connectivity index is 1.65. The summed E-state index contributed by atoms with van der Waals surface area (Å²) < 4.78 is 5.98. The van der Waals surface area contributed by atoms with Crippen LogP contribution in [0.2, 0.25) is 0 Å². The quantitative estimate of drug-likeness (QED) is 0.874. The van der Waals surface area contributed by atoms with Gasteiger partial charge in [0.05, 0.1) is 6.10 Å². The van der Waals surface area contributed by atoms with Crippen molar-refractivity contribution in [2.24, 2.45) is 5.41 Å². The summed E-state index contributed by atoms with van der Waals surface area (Å²) in [5, 5.41) is 6.04. The van der Waals surface area contributed by atoms with Crippen molar-refractivity contribution in [3.05, 3.63) is 22.4 Å². The smallest absolute Gasteiger partial charge is 0.0661 e. The number of ether oxygens (including phenoxy) is 1. The second-order valence-corrected chi connectivity index (χ2v) is 7.06. The van der Waals surface area contributed by atoms with E-state index in [4.69, 9.17) is 4.74 Å². The van der Waals surface area contributed by atoms with Gasteiger partial charge in [-0.15, -0.1) is 11.3 Å². The summed E-state index contributed by atoms with van der Waals surface area (Å²) in [7, 11) is 0. The van der Waals surface area contributed by atoms with Gasteiger partial charge < -0.3 is 10.1 Å². The molecule has 3 unspecified atom stereocenters. The molecule has 2 aliphatic rings. The molecule has 0 bridgehead atoms. The van der Waals surface area contributed by atoms with Gasteiger partial charge in [0.15, 0.2) is 0 Å². The molecule has 1 N–H and O–H groups in total. The highest BCUT2D eigenvalue weighted by Crippen LogP contribution is 2.55. The van der Waals surface area contributed by atoms with Crippen molar-refractivity contribution in [3.63, 3.8) is 0 Å². The summed E-state index contributed by atoms with van der Waals surface area (Å²) >= 11 is 1.86. The maximum Gasteiger partial charge on any atom is 0.0661 e. The van der Waals surface area contributed by atoms with Crippen LogP contribution in [-0.2, 0) is 4.74 Å².